The lowest BCUT2D eigenvalue weighted by Gasteiger charge is -2.38. The van der Waals surface area contributed by atoms with E-state index >= 15 is 0 Å². The summed E-state index contributed by atoms with van der Waals surface area (Å²) in [6.45, 7) is 23.4. The fraction of sp³-hybridized carbons (Fsp3) is 0.667. The Balaban J connectivity index is 3.54. The molecule has 154 valence electrons. The summed E-state index contributed by atoms with van der Waals surface area (Å²) in [5.74, 6) is 1.71. The van der Waals surface area contributed by atoms with Crippen molar-refractivity contribution in [2.75, 3.05) is 7.11 Å². The minimum Gasteiger partial charge on any atom is -0.543 e. The molecule has 0 N–H and O–H groups in total. The minimum atomic E-state index is -2.13. The van der Waals surface area contributed by atoms with Crippen LogP contribution in [0.1, 0.15) is 58.8 Å². The second-order valence-corrected chi connectivity index (χ2v) is 19.7. The summed E-state index contributed by atoms with van der Waals surface area (Å²) in [6.07, 6.45) is 0. The highest BCUT2D eigenvalue weighted by atomic mass is 28.4. The second-order valence-electron chi connectivity index (χ2n) is 10.3. The fourth-order valence-electron chi connectivity index (χ4n) is 2.09. The van der Waals surface area contributed by atoms with Gasteiger partial charge in [0.15, 0.2) is 5.78 Å². The molecule has 0 fully saturated rings. The molecule has 1 aromatic rings. The van der Waals surface area contributed by atoms with Gasteiger partial charge in [0, 0.05) is 12.1 Å². The lowest BCUT2D eigenvalue weighted by Crippen LogP contribution is -2.44. The summed E-state index contributed by atoms with van der Waals surface area (Å²) < 4.78 is 18.5. The van der Waals surface area contributed by atoms with Crippen molar-refractivity contribution in [2.24, 2.45) is 0 Å². The van der Waals surface area contributed by atoms with Crippen molar-refractivity contribution in [3.63, 3.8) is 0 Å². The van der Waals surface area contributed by atoms with Gasteiger partial charge in [0.2, 0.25) is 8.32 Å². The molecule has 0 aliphatic heterocycles. The maximum absolute atomic E-state index is 12.4. The molecule has 0 amide bonds. The van der Waals surface area contributed by atoms with Gasteiger partial charge < -0.3 is 13.6 Å². The number of ether oxygens (including phenoxy) is 1. The number of Topliss-reactive ketones (excluding diaryl/α,β-unsaturated/α-hetero) is 1. The molecule has 0 atom stereocenters. The molecule has 0 unspecified atom stereocenters. The third kappa shape index (κ3) is 5.38. The largest absolute Gasteiger partial charge is 0.543 e. The molecule has 27 heavy (non-hydrogen) atoms. The molecular weight excluding hydrogens is 372 g/mol. The van der Waals surface area contributed by atoms with Gasteiger partial charge in [-0.1, -0.05) is 41.5 Å². The summed E-state index contributed by atoms with van der Waals surface area (Å²) in [5, 5.41) is 0.0878. The highest BCUT2D eigenvalue weighted by Crippen LogP contribution is 2.43. The Labute approximate surface area is 167 Å². The van der Waals surface area contributed by atoms with Crippen molar-refractivity contribution in [3.05, 3.63) is 17.7 Å². The number of carbonyl (C=O) groups excluding carboxylic acids is 1. The number of carbonyl (C=O) groups is 1. The number of benzene rings is 1. The molecule has 6 heteroatoms. The highest BCUT2D eigenvalue weighted by Gasteiger charge is 2.41. The number of hydrogen-bond donors (Lipinski definition) is 0. The van der Waals surface area contributed by atoms with Crippen LogP contribution >= 0.6 is 0 Å². The van der Waals surface area contributed by atoms with Crippen molar-refractivity contribution >= 4 is 22.4 Å². The smallest absolute Gasteiger partial charge is 0.250 e. The molecule has 0 aliphatic rings. The average molecular weight is 411 g/mol. The van der Waals surface area contributed by atoms with Gasteiger partial charge in [-0.25, -0.2) is 0 Å². The fourth-order valence-corrected chi connectivity index (χ4v) is 4.12. The molecule has 0 aliphatic carbocycles. The van der Waals surface area contributed by atoms with Crippen LogP contribution in [-0.2, 0) is 0 Å². The Morgan fingerprint density at radius 3 is 1.59 bits per heavy atom. The van der Waals surface area contributed by atoms with E-state index in [1.165, 1.54) is 0 Å². The van der Waals surface area contributed by atoms with E-state index < -0.39 is 16.6 Å². The Hall–Kier alpha value is -1.28. The summed E-state index contributed by atoms with van der Waals surface area (Å²) in [4.78, 5) is 12.4. The van der Waals surface area contributed by atoms with Crippen molar-refractivity contribution in [1.29, 1.82) is 0 Å². The highest BCUT2D eigenvalue weighted by molar-refractivity contribution is 6.75. The monoisotopic (exact) mass is 410 g/mol. The third-order valence-electron chi connectivity index (χ3n) is 5.96. The summed E-state index contributed by atoms with van der Waals surface area (Å²) in [5.41, 5.74) is 0.491. The van der Waals surface area contributed by atoms with E-state index in [4.69, 9.17) is 13.6 Å². The SMILES string of the molecule is COc1cc(O[Si](C)(C)C(C)(C)C)cc(O[Si](C)(C)C(C)(C)C)c1C(C)=O. The normalized spacial score (nSPS) is 13.3. The number of rotatable bonds is 6. The van der Waals surface area contributed by atoms with Gasteiger partial charge in [-0.3, -0.25) is 4.79 Å². The maximum atomic E-state index is 12.4. The molecular formula is C21H38O4Si2. The molecule has 1 aromatic carbocycles. The van der Waals surface area contributed by atoms with E-state index in [9.17, 15) is 4.79 Å². The first-order valence-electron chi connectivity index (χ1n) is 9.54. The Morgan fingerprint density at radius 2 is 1.22 bits per heavy atom. The lowest BCUT2D eigenvalue weighted by atomic mass is 10.1. The summed E-state index contributed by atoms with van der Waals surface area (Å²) in [6, 6.07) is 3.69. The molecule has 0 aromatic heterocycles. The molecule has 1 rings (SSSR count). The molecule has 0 heterocycles. The zero-order chi connectivity index (χ0) is 21.4. The second kappa shape index (κ2) is 7.62. The van der Waals surface area contributed by atoms with Crippen LogP contribution in [0.3, 0.4) is 0 Å². The van der Waals surface area contributed by atoms with Gasteiger partial charge in [0.25, 0.3) is 8.32 Å². The molecule has 0 radical (unpaired) electrons. The van der Waals surface area contributed by atoms with E-state index in [0.717, 1.165) is 0 Å². The minimum absolute atomic E-state index is 0.0184. The van der Waals surface area contributed by atoms with Crippen LogP contribution < -0.4 is 13.6 Å². The van der Waals surface area contributed by atoms with Gasteiger partial charge in [-0.2, -0.15) is 0 Å². The van der Waals surface area contributed by atoms with Crippen LogP contribution in [-0.4, -0.2) is 29.5 Å². The quantitative estimate of drug-likeness (QED) is 0.388. The zero-order valence-electron chi connectivity index (χ0n) is 19.3. The van der Waals surface area contributed by atoms with Crippen molar-refractivity contribution < 1.29 is 18.4 Å². The predicted octanol–water partition coefficient (Wildman–Crippen LogP) is 6.67. The summed E-state index contributed by atoms with van der Waals surface area (Å²) in [7, 11) is -2.58. The van der Waals surface area contributed by atoms with Gasteiger partial charge >= 0.3 is 0 Å². The van der Waals surface area contributed by atoms with Crippen LogP contribution in [0.2, 0.25) is 36.3 Å². The maximum Gasteiger partial charge on any atom is 0.250 e. The van der Waals surface area contributed by atoms with Gasteiger partial charge in [-0.05, 0) is 43.2 Å². The number of ketones is 1. The first-order valence-corrected chi connectivity index (χ1v) is 15.4. The Kier molecular flexibility index (Phi) is 6.71. The standard InChI is InChI=1S/C21H38O4Si2/c1-15(22)19-17(23-8)13-16(24-26(9,10)20(2,3)4)14-18(19)25-27(11,12)21(5,6)7/h13-14H,1-12H3. The van der Waals surface area contributed by atoms with Crippen molar-refractivity contribution in [1.82, 2.24) is 0 Å². The Bertz CT molecular complexity index is 695. The van der Waals surface area contributed by atoms with E-state index in [1.54, 1.807) is 14.0 Å². The van der Waals surface area contributed by atoms with E-state index in [-0.39, 0.29) is 15.9 Å². The van der Waals surface area contributed by atoms with E-state index in [2.05, 4.69) is 67.7 Å². The van der Waals surface area contributed by atoms with Gasteiger partial charge in [-0.15, -0.1) is 0 Å². The Morgan fingerprint density at radius 1 is 0.815 bits per heavy atom. The van der Waals surface area contributed by atoms with Crippen molar-refractivity contribution in [2.45, 2.75) is 84.7 Å². The van der Waals surface area contributed by atoms with E-state index in [0.29, 0.717) is 22.8 Å². The number of hydrogen-bond acceptors (Lipinski definition) is 4. The zero-order valence-corrected chi connectivity index (χ0v) is 21.3. The number of methoxy groups -OCH3 is 1. The van der Waals surface area contributed by atoms with E-state index in [1.807, 2.05) is 12.1 Å². The van der Waals surface area contributed by atoms with Gasteiger partial charge in [0.1, 0.15) is 22.8 Å². The van der Waals surface area contributed by atoms with Crippen LogP contribution in [0.4, 0.5) is 0 Å². The predicted molar refractivity (Wildman–Crippen MR) is 119 cm³/mol. The molecule has 0 saturated heterocycles. The summed E-state index contributed by atoms with van der Waals surface area (Å²) >= 11 is 0. The van der Waals surface area contributed by atoms with Crippen LogP contribution in [0, 0.1) is 0 Å². The molecule has 0 bridgehead atoms. The van der Waals surface area contributed by atoms with Crippen LogP contribution in [0.5, 0.6) is 17.2 Å². The first kappa shape index (κ1) is 23.8. The van der Waals surface area contributed by atoms with Gasteiger partial charge in [0.05, 0.1) is 7.11 Å². The molecule has 0 spiro atoms. The van der Waals surface area contributed by atoms with Crippen molar-refractivity contribution in [3.8, 4) is 17.2 Å². The molecule has 0 saturated carbocycles. The topological polar surface area (TPSA) is 44.8 Å². The van der Waals surface area contributed by atoms with Crippen LogP contribution in [0.15, 0.2) is 12.1 Å². The average Bonchev–Trinajstić information content (AvgIpc) is 2.42. The first-order chi connectivity index (χ1) is 11.9. The van der Waals surface area contributed by atoms with Crippen LogP contribution in [0.25, 0.3) is 0 Å². The molecule has 4 nitrogen and oxygen atoms in total. The third-order valence-corrected chi connectivity index (χ3v) is 14.7. The lowest BCUT2D eigenvalue weighted by molar-refractivity contribution is 0.101.